The smallest absolute Gasteiger partial charge is 0.368 e. The molecule has 0 saturated carbocycles. The van der Waals surface area contributed by atoms with Gasteiger partial charge in [0.15, 0.2) is 0 Å². The molecule has 0 spiro atoms. The van der Waals surface area contributed by atoms with Crippen molar-refractivity contribution in [3.8, 4) is 0 Å². The fraction of sp³-hybridized carbons (Fsp3) is 0.455. The standard InChI is InChI=1S/C22H28N5O7P/c1-25-8-7-14-4-6-17(19(23)28)27(14)21(30)15(11-25)24-20(29)18-10-13-9-12(22(31)35(32,33)34)3-5-16(13)26(18)2/h3,5,9-10,14-15,17H,4,6-8,11H2,1-2H3,(H2,23,28)(H,24,29)(H2,32,33,34)/t14-,15+,17+/m1/s1. The SMILES string of the molecule is CN1CC[C@H]2CC[C@@H](C(N)=O)N2C(=O)[C@@H](NC(=O)c2cc3cc(C(=O)P(=O)(O)O)ccc3n2C)C1. The lowest BCUT2D eigenvalue weighted by Gasteiger charge is -2.37. The second kappa shape index (κ2) is 9.19. The zero-order valence-electron chi connectivity index (χ0n) is 19.4. The molecule has 188 valence electrons. The number of nitrogens with two attached hydrogens (primary N) is 1. The summed E-state index contributed by atoms with van der Waals surface area (Å²) in [4.78, 5) is 72.4. The molecule has 2 aliphatic heterocycles. The molecule has 12 nitrogen and oxygen atoms in total. The first-order chi connectivity index (χ1) is 16.4. The van der Waals surface area contributed by atoms with E-state index in [4.69, 9.17) is 5.73 Å². The number of rotatable bonds is 5. The number of benzene rings is 1. The molecule has 3 amide bonds. The Morgan fingerprint density at radius 2 is 1.83 bits per heavy atom. The third kappa shape index (κ3) is 4.74. The van der Waals surface area contributed by atoms with Crippen molar-refractivity contribution in [2.24, 2.45) is 12.8 Å². The van der Waals surface area contributed by atoms with E-state index in [1.54, 1.807) is 11.6 Å². The highest BCUT2D eigenvalue weighted by Crippen LogP contribution is 2.39. The van der Waals surface area contributed by atoms with Crippen LogP contribution in [0.15, 0.2) is 24.3 Å². The summed E-state index contributed by atoms with van der Waals surface area (Å²) in [6.07, 6.45) is 1.88. The quantitative estimate of drug-likeness (QED) is 0.403. The lowest BCUT2D eigenvalue weighted by atomic mass is 10.1. The zero-order chi connectivity index (χ0) is 25.7. The van der Waals surface area contributed by atoms with Crippen molar-refractivity contribution in [1.29, 1.82) is 0 Å². The van der Waals surface area contributed by atoms with Gasteiger partial charge in [0.25, 0.3) is 11.4 Å². The number of hydrogen-bond acceptors (Lipinski definition) is 6. The predicted octanol–water partition coefficient (Wildman–Crippen LogP) is -0.225. The maximum atomic E-state index is 13.4. The average Bonchev–Trinajstić information content (AvgIpc) is 3.35. The molecule has 1 aromatic carbocycles. The lowest BCUT2D eigenvalue weighted by Crippen LogP contribution is -2.59. The first-order valence-corrected chi connectivity index (χ1v) is 12.8. The Kier molecular flexibility index (Phi) is 6.58. The Hall–Kier alpha value is -3.05. The fourth-order valence-corrected chi connectivity index (χ4v) is 5.49. The number of primary amides is 1. The molecule has 13 heteroatoms. The molecule has 2 saturated heterocycles. The van der Waals surface area contributed by atoms with Crippen LogP contribution in [-0.4, -0.2) is 85.7 Å². The Bertz CT molecular complexity index is 1270. The van der Waals surface area contributed by atoms with Gasteiger partial charge >= 0.3 is 7.60 Å². The summed E-state index contributed by atoms with van der Waals surface area (Å²) in [5.41, 5.74) is 4.82. The fourth-order valence-electron chi connectivity index (χ4n) is 5.02. The van der Waals surface area contributed by atoms with E-state index in [9.17, 15) is 33.5 Å². The van der Waals surface area contributed by atoms with Crippen molar-refractivity contribution in [2.45, 2.75) is 37.4 Å². The molecule has 2 aromatic rings. The van der Waals surface area contributed by atoms with E-state index < -0.39 is 37.0 Å². The molecule has 35 heavy (non-hydrogen) atoms. The minimum Gasteiger partial charge on any atom is -0.368 e. The predicted molar refractivity (Wildman–Crippen MR) is 126 cm³/mol. The molecule has 0 aliphatic carbocycles. The zero-order valence-corrected chi connectivity index (χ0v) is 20.3. The number of aromatic nitrogens is 1. The Morgan fingerprint density at radius 1 is 1.11 bits per heavy atom. The minimum atomic E-state index is -4.95. The second-order valence-corrected chi connectivity index (χ2v) is 10.7. The van der Waals surface area contributed by atoms with Crippen LogP contribution in [0.25, 0.3) is 10.9 Å². The van der Waals surface area contributed by atoms with Gasteiger partial charge in [-0.05, 0) is 57.1 Å². The molecule has 3 atom stereocenters. The molecule has 5 N–H and O–H groups in total. The molecule has 0 unspecified atom stereocenters. The van der Waals surface area contributed by atoms with Gasteiger partial charge in [0.2, 0.25) is 11.8 Å². The normalized spacial score (nSPS) is 23.6. The van der Waals surface area contributed by atoms with Gasteiger partial charge in [-0.3, -0.25) is 23.7 Å². The van der Waals surface area contributed by atoms with Gasteiger partial charge in [0.05, 0.1) is 0 Å². The molecule has 2 fully saturated rings. The number of carbonyl (C=O) groups is 4. The number of aryl methyl sites for hydroxylation is 1. The molecule has 2 aliphatic rings. The summed E-state index contributed by atoms with van der Waals surface area (Å²) >= 11 is 0. The lowest BCUT2D eigenvalue weighted by molar-refractivity contribution is -0.142. The van der Waals surface area contributed by atoms with Gasteiger partial charge in [-0.25, -0.2) is 0 Å². The van der Waals surface area contributed by atoms with Gasteiger partial charge in [0.1, 0.15) is 17.8 Å². The van der Waals surface area contributed by atoms with Crippen molar-refractivity contribution in [3.05, 3.63) is 35.5 Å². The second-order valence-electron chi connectivity index (χ2n) is 9.18. The largest absolute Gasteiger partial charge is 0.396 e. The summed E-state index contributed by atoms with van der Waals surface area (Å²) in [7, 11) is -1.46. The molecule has 0 bridgehead atoms. The first-order valence-electron chi connectivity index (χ1n) is 11.2. The summed E-state index contributed by atoms with van der Waals surface area (Å²) in [6.45, 7) is 0.945. The summed E-state index contributed by atoms with van der Waals surface area (Å²) in [5.74, 6) is -1.45. The highest BCUT2D eigenvalue weighted by atomic mass is 31.2. The van der Waals surface area contributed by atoms with E-state index >= 15 is 0 Å². The van der Waals surface area contributed by atoms with Crippen LogP contribution in [0, 0.1) is 0 Å². The maximum absolute atomic E-state index is 13.4. The van der Waals surface area contributed by atoms with E-state index in [0.717, 1.165) is 0 Å². The highest BCUT2D eigenvalue weighted by molar-refractivity contribution is 7.70. The molecular weight excluding hydrogens is 477 g/mol. The number of fused-ring (bicyclic) bond motifs is 2. The number of carbonyl (C=O) groups excluding carboxylic acids is 4. The van der Waals surface area contributed by atoms with Crippen molar-refractivity contribution in [2.75, 3.05) is 20.1 Å². The van der Waals surface area contributed by atoms with E-state index in [0.29, 0.717) is 36.7 Å². The molecule has 3 heterocycles. The van der Waals surface area contributed by atoms with Gasteiger partial charge in [-0.15, -0.1) is 0 Å². The minimum absolute atomic E-state index is 0.121. The van der Waals surface area contributed by atoms with E-state index in [1.165, 1.54) is 29.2 Å². The van der Waals surface area contributed by atoms with Crippen LogP contribution >= 0.6 is 7.60 Å². The topological polar surface area (TPSA) is 175 Å². The van der Waals surface area contributed by atoms with Crippen LogP contribution in [0.4, 0.5) is 0 Å². The van der Waals surface area contributed by atoms with Crippen molar-refractivity contribution >= 4 is 41.7 Å². The summed E-state index contributed by atoms with van der Waals surface area (Å²) in [6, 6.07) is 3.87. The first kappa shape index (κ1) is 25.1. The molecule has 4 rings (SSSR count). The third-order valence-corrected chi connectivity index (χ3v) is 7.60. The Labute approximate surface area is 201 Å². The van der Waals surface area contributed by atoms with Crippen molar-refractivity contribution < 1.29 is 33.5 Å². The Morgan fingerprint density at radius 3 is 2.49 bits per heavy atom. The maximum Gasteiger partial charge on any atom is 0.396 e. The van der Waals surface area contributed by atoms with Crippen LogP contribution < -0.4 is 11.1 Å². The number of nitrogens with zero attached hydrogens (tertiary/aromatic N) is 3. The number of nitrogens with one attached hydrogen (secondary N) is 1. The van der Waals surface area contributed by atoms with Crippen LogP contribution in [0.3, 0.4) is 0 Å². The van der Waals surface area contributed by atoms with Gasteiger partial charge in [-0.1, -0.05) is 0 Å². The van der Waals surface area contributed by atoms with Crippen LogP contribution in [0.5, 0.6) is 0 Å². The summed E-state index contributed by atoms with van der Waals surface area (Å²) in [5, 5.41) is 3.22. The third-order valence-electron chi connectivity index (χ3n) is 6.81. The monoisotopic (exact) mass is 505 g/mol. The van der Waals surface area contributed by atoms with E-state index in [2.05, 4.69) is 5.32 Å². The van der Waals surface area contributed by atoms with Gasteiger partial charge in [-0.2, -0.15) is 0 Å². The average molecular weight is 505 g/mol. The summed E-state index contributed by atoms with van der Waals surface area (Å²) < 4.78 is 12.9. The highest BCUT2D eigenvalue weighted by Gasteiger charge is 2.44. The van der Waals surface area contributed by atoms with E-state index in [1.807, 2.05) is 11.9 Å². The van der Waals surface area contributed by atoms with Gasteiger partial charge in [0, 0.05) is 36.1 Å². The van der Waals surface area contributed by atoms with Crippen LogP contribution in [-0.2, 0) is 21.2 Å². The number of likely N-dealkylation sites (N-methyl/N-ethyl adjacent to an activating group) is 1. The number of hydrogen-bond donors (Lipinski definition) is 4. The molecular formula is C22H28N5O7P. The van der Waals surface area contributed by atoms with Crippen LogP contribution in [0.1, 0.15) is 40.1 Å². The van der Waals surface area contributed by atoms with Gasteiger partial charge < -0.3 is 35.2 Å². The van der Waals surface area contributed by atoms with E-state index in [-0.39, 0.29) is 29.8 Å². The number of amides is 3. The molecule has 0 radical (unpaired) electrons. The van der Waals surface area contributed by atoms with Crippen LogP contribution in [0.2, 0.25) is 0 Å². The Balaban J connectivity index is 1.62. The molecule has 1 aromatic heterocycles. The van der Waals surface area contributed by atoms with Crippen molar-refractivity contribution in [3.63, 3.8) is 0 Å². The van der Waals surface area contributed by atoms with Crippen molar-refractivity contribution in [1.82, 2.24) is 19.7 Å².